The van der Waals surface area contributed by atoms with Crippen LogP contribution < -0.4 is 0 Å². The fourth-order valence-corrected chi connectivity index (χ4v) is 3.36. The Morgan fingerprint density at radius 1 is 1.05 bits per heavy atom. The van der Waals surface area contributed by atoms with Gasteiger partial charge in [-0.1, -0.05) is 6.42 Å². The van der Waals surface area contributed by atoms with Crippen LogP contribution in [-0.4, -0.2) is 32.5 Å². The van der Waals surface area contributed by atoms with Crippen molar-refractivity contribution >= 4 is 28.6 Å². The molecule has 0 aliphatic rings. The van der Waals surface area contributed by atoms with Gasteiger partial charge in [-0.3, -0.25) is 9.69 Å². The second-order valence-corrected chi connectivity index (χ2v) is 6.72. The second-order valence-electron chi connectivity index (χ2n) is 4.77. The van der Waals surface area contributed by atoms with Gasteiger partial charge >= 0.3 is 5.97 Å². The number of hydrogen-bond acceptors (Lipinski definition) is 6. The van der Waals surface area contributed by atoms with Crippen molar-refractivity contribution in [2.24, 2.45) is 0 Å². The predicted octanol–water partition coefficient (Wildman–Crippen LogP) is 3.25. The van der Waals surface area contributed by atoms with Gasteiger partial charge in [0, 0.05) is 29.6 Å². The summed E-state index contributed by atoms with van der Waals surface area (Å²) >= 11 is 3.33. The Kier molecular flexibility index (Phi) is 6.78. The molecule has 2 aromatic heterocycles. The summed E-state index contributed by atoms with van der Waals surface area (Å²) in [6.45, 7) is 2.60. The number of carbonyl (C=O) groups is 1. The van der Waals surface area contributed by atoms with Crippen LogP contribution in [0.1, 0.15) is 35.7 Å². The fraction of sp³-hybridized carbons (Fsp3) is 0.500. The van der Waals surface area contributed by atoms with E-state index in [-0.39, 0.29) is 6.42 Å². The first-order chi connectivity index (χ1) is 10.2. The van der Waals surface area contributed by atoms with Crippen LogP contribution in [0.3, 0.4) is 0 Å². The Balaban J connectivity index is 1.78. The predicted molar refractivity (Wildman–Crippen MR) is 84.4 cm³/mol. The third-order valence-corrected chi connectivity index (χ3v) is 4.58. The Bertz CT molecular complexity index is 478. The first-order valence-electron chi connectivity index (χ1n) is 6.95. The summed E-state index contributed by atoms with van der Waals surface area (Å²) in [5.41, 5.74) is 0. The Morgan fingerprint density at radius 2 is 1.67 bits per heavy atom. The van der Waals surface area contributed by atoms with Crippen molar-refractivity contribution in [2.45, 2.75) is 38.8 Å². The quantitative estimate of drug-likeness (QED) is 0.679. The summed E-state index contributed by atoms with van der Waals surface area (Å²) in [4.78, 5) is 21.5. The van der Waals surface area contributed by atoms with Crippen LogP contribution >= 0.6 is 22.7 Å². The van der Waals surface area contributed by atoms with Gasteiger partial charge in [0.25, 0.3) is 0 Å². The summed E-state index contributed by atoms with van der Waals surface area (Å²) in [7, 11) is 0. The molecule has 0 aliphatic carbocycles. The maximum atomic E-state index is 10.5. The minimum absolute atomic E-state index is 0.263. The minimum Gasteiger partial charge on any atom is -0.481 e. The molecule has 0 aliphatic heterocycles. The van der Waals surface area contributed by atoms with Crippen molar-refractivity contribution < 1.29 is 9.90 Å². The van der Waals surface area contributed by atoms with Gasteiger partial charge in [0.05, 0.1) is 13.1 Å². The van der Waals surface area contributed by atoms with Gasteiger partial charge < -0.3 is 5.11 Å². The Morgan fingerprint density at radius 3 is 2.14 bits per heavy atom. The number of nitrogens with zero attached hydrogens (tertiary/aromatic N) is 3. The molecular weight excluding hydrogens is 306 g/mol. The maximum absolute atomic E-state index is 10.5. The number of aromatic nitrogens is 2. The number of aliphatic carboxylic acids is 1. The molecule has 0 fully saturated rings. The van der Waals surface area contributed by atoms with E-state index in [9.17, 15) is 4.79 Å². The number of unbranched alkanes of at least 4 members (excludes halogenated alkanes) is 2. The van der Waals surface area contributed by atoms with Crippen LogP contribution in [0.15, 0.2) is 23.2 Å². The molecule has 0 bridgehead atoms. The van der Waals surface area contributed by atoms with Crippen LogP contribution in [0.4, 0.5) is 0 Å². The van der Waals surface area contributed by atoms with Crippen LogP contribution in [0.5, 0.6) is 0 Å². The molecule has 0 aromatic carbocycles. The molecule has 0 radical (unpaired) electrons. The highest BCUT2D eigenvalue weighted by Crippen LogP contribution is 2.14. The summed E-state index contributed by atoms with van der Waals surface area (Å²) in [6, 6.07) is 0. The standard InChI is InChI=1S/C14H19N3O2S2/c18-14(19)4-2-1-3-7-17(10-12-15-5-8-20-12)11-13-16-6-9-21-13/h5-6,8-9H,1-4,7,10-11H2,(H,18,19). The minimum atomic E-state index is -0.711. The van der Waals surface area contributed by atoms with Gasteiger partial charge in [0.1, 0.15) is 10.0 Å². The highest BCUT2D eigenvalue weighted by Gasteiger charge is 2.10. The summed E-state index contributed by atoms with van der Waals surface area (Å²) in [5, 5.41) is 14.8. The molecule has 5 nitrogen and oxygen atoms in total. The molecule has 2 rings (SSSR count). The zero-order chi connectivity index (χ0) is 14.9. The molecule has 2 heterocycles. The van der Waals surface area contributed by atoms with E-state index in [4.69, 9.17) is 5.11 Å². The van der Waals surface area contributed by atoms with Gasteiger partial charge in [-0.15, -0.1) is 22.7 Å². The van der Waals surface area contributed by atoms with Crippen molar-refractivity contribution in [3.63, 3.8) is 0 Å². The van der Waals surface area contributed by atoms with E-state index in [1.165, 1.54) is 0 Å². The van der Waals surface area contributed by atoms with Gasteiger partial charge in [-0.2, -0.15) is 0 Å². The van der Waals surface area contributed by atoms with Crippen molar-refractivity contribution in [3.8, 4) is 0 Å². The third kappa shape index (κ3) is 6.33. The number of hydrogen-bond donors (Lipinski definition) is 1. The van der Waals surface area contributed by atoms with Crippen molar-refractivity contribution in [3.05, 3.63) is 33.2 Å². The van der Waals surface area contributed by atoms with E-state index in [1.807, 2.05) is 23.2 Å². The van der Waals surface area contributed by atoms with Gasteiger partial charge in [0.2, 0.25) is 0 Å². The van der Waals surface area contributed by atoms with Gasteiger partial charge in [0.15, 0.2) is 0 Å². The van der Waals surface area contributed by atoms with E-state index in [0.29, 0.717) is 0 Å². The topological polar surface area (TPSA) is 66.3 Å². The number of carboxylic acid groups (broad SMARTS) is 1. The Labute approximate surface area is 132 Å². The van der Waals surface area contributed by atoms with Crippen LogP contribution in [0.2, 0.25) is 0 Å². The molecule has 0 spiro atoms. The first-order valence-corrected chi connectivity index (χ1v) is 8.71. The smallest absolute Gasteiger partial charge is 0.303 e. The summed E-state index contributed by atoms with van der Waals surface area (Å²) < 4.78 is 0. The van der Waals surface area contributed by atoms with E-state index in [0.717, 1.165) is 48.9 Å². The molecule has 0 amide bonds. The highest BCUT2D eigenvalue weighted by atomic mass is 32.1. The molecule has 0 saturated carbocycles. The molecule has 2 aromatic rings. The molecule has 0 atom stereocenters. The lowest BCUT2D eigenvalue weighted by atomic mass is 10.2. The lowest BCUT2D eigenvalue weighted by Crippen LogP contribution is -2.24. The average Bonchev–Trinajstić information content (AvgIpc) is 3.11. The fourth-order valence-electron chi connectivity index (χ4n) is 2.05. The van der Waals surface area contributed by atoms with Crippen LogP contribution in [-0.2, 0) is 17.9 Å². The van der Waals surface area contributed by atoms with Crippen molar-refractivity contribution in [1.29, 1.82) is 0 Å². The highest BCUT2D eigenvalue weighted by molar-refractivity contribution is 7.09. The Hall–Kier alpha value is -1.31. The van der Waals surface area contributed by atoms with Crippen molar-refractivity contribution in [1.82, 2.24) is 14.9 Å². The van der Waals surface area contributed by atoms with Gasteiger partial charge in [-0.25, -0.2) is 9.97 Å². The van der Waals surface area contributed by atoms with E-state index >= 15 is 0 Å². The third-order valence-electron chi connectivity index (χ3n) is 3.05. The first kappa shape index (κ1) is 16.1. The zero-order valence-electron chi connectivity index (χ0n) is 11.8. The molecular formula is C14H19N3O2S2. The average molecular weight is 325 g/mol. The molecule has 0 saturated heterocycles. The van der Waals surface area contributed by atoms with E-state index in [1.54, 1.807) is 22.7 Å². The number of carboxylic acids is 1. The van der Waals surface area contributed by atoms with Crippen molar-refractivity contribution in [2.75, 3.05) is 6.54 Å². The number of thiazole rings is 2. The zero-order valence-corrected chi connectivity index (χ0v) is 13.4. The monoisotopic (exact) mass is 325 g/mol. The normalized spacial score (nSPS) is 11.1. The summed E-state index contributed by atoms with van der Waals surface area (Å²) in [6.07, 6.45) is 6.61. The molecule has 1 N–H and O–H groups in total. The lowest BCUT2D eigenvalue weighted by molar-refractivity contribution is -0.137. The van der Waals surface area contributed by atoms with E-state index in [2.05, 4.69) is 14.9 Å². The molecule has 7 heteroatoms. The molecule has 0 unspecified atom stereocenters. The SMILES string of the molecule is O=C(O)CCCCCN(Cc1nccs1)Cc1nccs1. The lowest BCUT2D eigenvalue weighted by Gasteiger charge is -2.19. The van der Waals surface area contributed by atoms with Crippen LogP contribution in [0.25, 0.3) is 0 Å². The van der Waals surface area contributed by atoms with E-state index < -0.39 is 5.97 Å². The summed E-state index contributed by atoms with van der Waals surface area (Å²) in [5.74, 6) is -0.711. The number of rotatable bonds is 10. The second kappa shape index (κ2) is 8.86. The van der Waals surface area contributed by atoms with Crippen LogP contribution in [0, 0.1) is 0 Å². The molecule has 21 heavy (non-hydrogen) atoms. The maximum Gasteiger partial charge on any atom is 0.303 e. The van der Waals surface area contributed by atoms with Gasteiger partial charge in [-0.05, 0) is 19.4 Å². The molecule has 114 valence electrons. The largest absolute Gasteiger partial charge is 0.481 e.